The van der Waals surface area contributed by atoms with Gasteiger partial charge in [0.1, 0.15) is 11.4 Å². The summed E-state index contributed by atoms with van der Waals surface area (Å²) < 4.78 is 13.9. The number of nitrogens with zero attached hydrogens (tertiary/aromatic N) is 1. The average molecular weight is 311 g/mol. The summed E-state index contributed by atoms with van der Waals surface area (Å²) in [5.41, 5.74) is -0.471. The van der Waals surface area contributed by atoms with Gasteiger partial charge in [0.2, 0.25) is 11.8 Å². The minimum atomic E-state index is -0.815. The number of benzene rings is 1. The van der Waals surface area contributed by atoms with Crippen molar-refractivity contribution in [3.05, 3.63) is 34.6 Å². The molecule has 112 valence electrons. The largest absolute Gasteiger partial charge is 0.345 e. The zero-order valence-corrected chi connectivity index (χ0v) is 12.3. The number of carbonyl (C=O) groups is 2. The van der Waals surface area contributed by atoms with E-state index in [0.717, 1.165) is 12.8 Å². The minimum absolute atomic E-state index is 0.0250. The lowest BCUT2D eigenvalue weighted by atomic mass is 9.90. The number of rotatable bonds is 2. The predicted octanol–water partition coefficient (Wildman–Crippen LogP) is 2.25. The number of hydrogen-bond acceptors (Lipinski definition) is 2. The van der Waals surface area contributed by atoms with E-state index in [1.54, 1.807) is 0 Å². The number of halogens is 2. The lowest BCUT2D eigenvalue weighted by Gasteiger charge is -2.43. The Kier molecular flexibility index (Phi) is 3.61. The van der Waals surface area contributed by atoms with Crippen molar-refractivity contribution in [3.63, 3.8) is 0 Å². The van der Waals surface area contributed by atoms with Gasteiger partial charge < -0.3 is 10.2 Å². The molecule has 1 saturated heterocycles. The van der Waals surface area contributed by atoms with Gasteiger partial charge in [0.25, 0.3) is 0 Å². The Morgan fingerprint density at radius 3 is 2.71 bits per heavy atom. The molecule has 2 fully saturated rings. The molecule has 1 aliphatic heterocycles. The van der Waals surface area contributed by atoms with Crippen LogP contribution >= 0.6 is 11.6 Å². The summed E-state index contributed by atoms with van der Waals surface area (Å²) in [6.07, 6.45) is 3.06. The maximum absolute atomic E-state index is 13.9. The Hall–Kier alpha value is -1.62. The summed E-state index contributed by atoms with van der Waals surface area (Å²) in [6, 6.07) is 4.27. The predicted molar refractivity (Wildman–Crippen MR) is 76.2 cm³/mol. The Morgan fingerprint density at radius 2 is 2.00 bits per heavy atom. The van der Waals surface area contributed by atoms with Crippen LogP contribution < -0.4 is 5.32 Å². The Balaban J connectivity index is 1.95. The molecular formula is C15H16ClFN2O2. The average Bonchev–Trinajstić information content (AvgIpc) is 2.94. The fourth-order valence-electron chi connectivity index (χ4n) is 3.31. The summed E-state index contributed by atoms with van der Waals surface area (Å²) in [6.45, 7) is 0.0570. The minimum Gasteiger partial charge on any atom is -0.345 e. The summed E-state index contributed by atoms with van der Waals surface area (Å²) >= 11 is 5.90. The quantitative estimate of drug-likeness (QED) is 0.911. The molecule has 0 unspecified atom stereocenters. The van der Waals surface area contributed by atoms with Crippen molar-refractivity contribution in [3.8, 4) is 0 Å². The lowest BCUT2D eigenvalue weighted by Crippen LogP contribution is -2.65. The van der Waals surface area contributed by atoms with E-state index in [1.165, 1.54) is 23.1 Å². The van der Waals surface area contributed by atoms with E-state index in [2.05, 4.69) is 5.32 Å². The third-order valence-electron chi connectivity index (χ3n) is 4.41. The highest BCUT2D eigenvalue weighted by molar-refractivity contribution is 6.30. The Morgan fingerprint density at radius 1 is 1.29 bits per heavy atom. The number of carbonyl (C=O) groups excluding carboxylic acids is 2. The van der Waals surface area contributed by atoms with Crippen LogP contribution in [0.2, 0.25) is 5.02 Å². The molecule has 1 saturated carbocycles. The van der Waals surface area contributed by atoms with Crippen LogP contribution in [0.3, 0.4) is 0 Å². The van der Waals surface area contributed by atoms with Crippen molar-refractivity contribution in [1.82, 2.24) is 10.2 Å². The molecule has 6 heteroatoms. The van der Waals surface area contributed by atoms with Crippen molar-refractivity contribution in [1.29, 1.82) is 0 Å². The van der Waals surface area contributed by atoms with Crippen LogP contribution in [0.15, 0.2) is 18.2 Å². The third kappa shape index (κ3) is 2.39. The molecule has 0 radical (unpaired) electrons. The molecule has 1 aromatic rings. The van der Waals surface area contributed by atoms with Crippen LogP contribution in [0.1, 0.15) is 31.2 Å². The van der Waals surface area contributed by atoms with Crippen LogP contribution in [0.4, 0.5) is 4.39 Å². The lowest BCUT2D eigenvalue weighted by molar-refractivity contribution is -0.154. The molecule has 0 bridgehead atoms. The van der Waals surface area contributed by atoms with Gasteiger partial charge >= 0.3 is 0 Å². The van der Waals surface area contributed by atoms with Gasteiger partial charge in [-0.15, -0.1) is 0 Å². The maximum Gasteiger partial charge on any atom is 0.246 e. The molecule has 3 rings (SSSR count). The molecule has 21 heavy (non-hydrogen) atoms. The number of hydrogen-bond donors (Lipinski definition) is 1. The van der Waals surface area contributed by atoms with Crippen molar-refractivity contribution in [2.24, 2.45) is 0 Å². The summed E-state index contributed by atoms with van der Waals surface area (Å²) in [5.74, 6) is -0.704. The van der Waals surface area contributed by atoms with Crippen LogP contribution in [0, 0.1) is 5.82 Å². The second kappa shape index (κ2) is 5.30. The molecule has 4 nitrogen and oxygen atoms in total. The Bertz CT molecular complexity index is 599. The van der Waals surface area contributed by atoms with Gasteiger partial charge in [-0.2, -0.15) is 0 Å². The molecule has 1 N–H and O–H groups in total. The SMILES string of the molecule is O=C1CNC(=O)C2(CCCC2)N1Cc1cc(Cl)ccc1F. The molecule has 2 aliphatic rings. The standard InChI is InChI=1S/C15H16ClFN2O2/c16-11-3-4-12(17)10(7-11)9-19-13(20)8-18-14(21)15(19)5-1-2-6-15/h3-4,7H,1-2,5-6,8-9H2,(H,18,21). The zero-order valence-electron chi connectivity index (χ0n) is 11.5. The van der Waals surface area contributed by atoms with Crippen LogP contribution in [0.5, 0.6) is 0 Å². The van der Waals surface area contributed by atoms with Crippen LogP contribution in [-0.2, 0) is 16.1 Å². The fraction of sp³-hybridized carbons (Fsp3) is 0.467. The van der Waals surface area contributed by atoms with E-state index in [9.17, 15) is 14.0 Å². The molecule has 0 aromatic heterocycles. The van der Waals surface area contributed by atoms with Gasteiger partial charge in [0, 0.05) is 17.1 Å². The number of piperazine rings is 1. The molecular weight excluding hydrogens is 295 g/mol. The number of nitrogens with one attached hydrogen (secondary N) is 1. The third-order valence-corrected chi connectivity index (χ3v) is 4.64. The molecule has 0 atom stereocenters. The highest BCUT2D eigenvalue weighted by Crippen LogP contribution is 2.38. The van der Waals surface area contributed by atoms with Crippen molar-refractivity contribution < 1.29 is 14.0 Å². The monoisotopic (exact) mass is 310 g/mol. The summed E-state index contributed by atoms with van der Waals surface area (Å²) in [4.78, 5) is 26.1. The second-order valence-corrected chi connectivity index (χ2v) is 6.07. The van der Waals surface area contributed by atoms with Crippen LogP contribution in [0.25, 0.3) is 0 Å². The maximum atomic E-state index is 13.9. The first kappa shape index (κ1) is 14.3. The Labute approximate surface area is 127 Å². The molecule has 1 aliphatic carbocycles. The van der Waals surface area contributed by atoms with Crippen molar-refractivity contribution in [2.45, 2.75) is 37.8 Å². The van der Waals surface area contributed by atoms with Gasteiger partial charge in [-0.05, 0) is 31.0 Å². The van der Waals surface area contributed by atoms with E-state index >= 15 is 0 Å². The molecule has 1 heterocycles. The molecule has 2 amide bonds. The smallest absolute Gasteiger partial charge is 0.246 e. The summed E-state index contributed by atoms with van der Waals surface area (Å²) in [7, 11) is 0. The van der Waals surface area contributed by atoms with Crippen LogP contribution in [-0.4, -0.2) is 28.8 Å². The van der Waals surface area contributed by atoms with E-state index in [-0.39, 0.29) is 24.9 Å². The zero-order chi connectivity index (χ0) is 15.0. The van der Waals surface area contributed by atoms with Crippen molar-refractivity contribution >= 4 is 23.4 Å². The van der Waals surface area contributed by atoms with E-state index in [4.69, 9.17) is 11.6 Å². The van der Waals surface area contributed by atoms with Gasteiger partial charge in [-0.25, -0.2) is 4.39 Å². The van der Waals surface area contributed by atoms with Gasteiger partial charge in [0.15, 0.2) is 0 Å². The highest BCUT2D eigenvalue weighted by Gasteiger charge is 2.50. The van der Waals surface area contributed by atoms with Gasteiger partial charge in [-0.3, -0.25) is 9.59 Å². The van der Waals surface area contributed by atoms with E-state index < -0.39 is 11.4 Å². The van der Waals surface area contributed by atoms with Gasteiger partial charge in [-0.1, -0.05) is 24.4 Å². The summed E-state index contributed by atoms with van der Waals surface area (Å²) in [5, 5.41) is 3.07. The topological polar surface area (TPSA) is 49.4 Å². The van der Waals surface area contributed by atoms with Gasteiger partial charge in [0.05, 0.1) is 6.54 Å². The fourth-order valence-corrected chi connectivity index (χ4v) is 3.50. The first-order chi connectivity index (χ1) is 10.0. The number of amides is 2. The van der Waals surface area contributed by atoms with Crippen molar-refractivity contribution in [2.75, 3.05) is 6.54 Å². The normalized spacial score (nSPS) is 21.0. The second-order valence-electron chi connectivity index (χ2n) is 5.64. The molecule has 1 spiro atoms. The first-order valence-corrected chi connectivity index (χ1v) is 7.43. The first-order valence-electron chi connectivity index (χ1n) is 7.06. The van der Waals surface area contributed by atoms with E-state index in [0.29, 0.717) is 23.4 Å². The highest BCUT2D eigenvalue weighted by atomic mass is 35.5. The van der Waals surface area contributed by atoms with E-state index in [1.807, 2.05) is 0 Å². The molecule has 1 aromatic carbocycles.